The average Bonchev–Trinajstić information content (AvgIpc) is 3.01. The lowest BCUT2D eigenvalue weighted by atomic mass is 10.1. The summed E-state index contributed by atoms with van der Waals surface area (Å²) in [6.07, 6.45) is 3.40. The number of nitro benzene ring substituents is 1. The van der Waals surface area contributed by atoms with Gasteiger partial charge in [0.15, 0.2) is 0 Å². The van der Waals surface area contributed by atoms with Gasteiger partial charge in [0, 0.05) is 33.9 Å². The van der Waals surface area contributed by atoms with E-state index in [4.69, 9.17) is 11.6 Å². The summed E-state index contributed by atoms with van der Waals surface area (Å²) in [4.78, 5) is 32.3. The predicted octanol–water partition coefficient (Wildman–Crippen LogP) is 4.01. The fourth-order valence-electron chi connectivity index (χ4n) is 2.31. The number of amides is 1. The summed E-state index contributed by atoms with van der Waals surface area (Å²) < 4.78 is 0. The van der Waals surface area contributed by atoms with Gasteiger partial charge in [-0.3, -0.25) is 19.9 Å². The molecule has 0 aliphatic carbocycles. The number of nitro groups is 1. The van der Waals surface area contributed by atoms with Crippen LogP contribution in [0.4, 0.5) is 5.69 Å². The van der Waals surface area contributed by atoms with E-state index < -0.39 is 10.8 Å². The molecule has 7 nitrogen and oxygen atoms in total. The van der Waals surface area contributed by atoms with E-state index in [0.717, 1.165) is 21.1 Å². The van der Waals surface area contributed by atoms with E-state index >= 15 is 0 Å². The van der Waals surface area contributed by atoms with Crippen LogP contribution in [-0.2, 0) is 6.54 Å². The van der Waals surface area contributed by atoms with Gasteiger partial charge in [0.2, 0.25) is 0 Å². The Morgan fingerprint density at radius 2 is 2.19 bits per heavy atom. The molecule has 0 atom stereocenters. The Hall–Kier alpha value is -2.84. The fraction of sp³-hybridized carbons (Fsp3) is 0.118. The second-order valence-electron chi connectivity index (χ2n) is 5.37. The van der Waals surface area contributed by atoms with E-state index in [1.807, 2.05) is 19.1 Å². The van der Waals surface area contributed by atoms with E-state index in [2.05, 4.69) is 15.3 Å². The van der Waals surface area contributed by atoms with Crippen LogP contribution in [0, 0.1) is 17.0 Å². The van der Waals surface area contributed by atoms with Crippen molar-refractivity contribution in [3.63, 3.8) is 0 Å². The molecular formula is C17H13ClN4O3S. The second kappa shape index (κ2) is 7.59. The number of aryl methyl sites for hydroxylation is 1. The van der Waals surface area contributed by atoms with Crippen molar-refractivity contribution in [2.75, 3.05) is 0 Å². The van der Waals surface area contributed by atoms with Gasteiger partial charge in [-0.15, -0.1) is 11.3 Å². The summed E-state index contributed by atoms with van der Waals surface area (Å²) in [7, 11) is 0. The Morgan fingerprint density at radius 3 is 2.88 bits per heavy atom. The smallest absolute Gasteiger partial charge is 0.282 e. The van der Waals surface area contributed by atoms with E-state index in [1.54, 1.807) is 12.4 Å². The molecule has 1 amide bonds. The fourth-order valence-corrected chi connectivity index (χ4v) is 3.47. The SMILES string of the molecule is Cc1nc(-c2cccnc2)sc1CNC(=O)c1cc(Cl)ccc1[N+](=O)[O-]. The number of nitrogens with zero attached hydrogens (tertiary/aromatic N) is 3. The zero-order valence-corrected chi connectivity index (χ0v) is 15.2. The van der Waals surface area contributed by atoms with Gasteiger partial charge < -0.3 is 5.32 Å². The van der Waals surface area contributed by atoms with Gasteiger partial charge in [-0.2, -0.15) is 0 Å². The van der Waals surface area contributed by atoms with Crippen LogP contribution in [0.3, 0.4) is 0 Å². The number of hydrogen-bond donors (Lipinski definition) is 1. The highest BCUT2D eigenvalue weighted by Gasteiger charge is 2.21. The van der Waals surface area contributed by atoms with Crippen molar-refractivity contribution in [3.05, 3.63) is 74.0 Å². The summed E-state index contributed by atoms with van der Waals surface area (Å²) in [5, 5.41) is 14.8. The molecule has 1 N–H and O–H groups in total. The molecule has 0 aliphatic rings. The predicted molar refractivity (Wildman–Crippen MR) is 99.4 cm³/mol. The standard InChI is InChI=1S/C17H13ClN4O3S/c1-10-15(26-17(21-10)11-3-2-6-19-8-11)9-20-16(23)13-7-12(18)4-5-14(13)22(24)25/h2-8H,9H2,1H3,(H,20,23). The van der Waals surface area contributed by atoms with E-state index in [9.17, 15) is 14.9 Å². The van der Waals surface area contributed by atoms with Crippen LogP contribution in [0.2, 0.25) is 5.02 Å². The summed E-state index contributed by atoms with van der Waals surface area (Å²) in [6, 6.07) is 7.62. The first-order valence-electron chi connectivity index (χ1n) is 7.54. The number of benzene rings is 1. The lowest BCUT2D eigenvalue weighted by Crippen LogP contribution is -2.23. The number of nitrogens with one attached hydrogen (secondary N) is 1. The van der Waals surface area contributed by atoms with E-state index in [0.29, 0.717) is 0 Å². The highest BCUT2D eigenvalue weighted by atomic mass is 35.5. The van der Waals surface area contributed by atoms with Gasteiger partial charge in [-0.25, -0.2) is 4.98 Å². The number of aromatic nitrogens is 2. The molecule has 0 aliphatic heterocycles. The summed E-state index contributed by atoms with van der Waals surface area (Å²) >= 11 is 7.30. The van der Waals surface area contributed by atoms with Gasteiger partial charge in [0.05, 0.1) is 17.2 Å². The van der Waals surface area contributed by atoms with Crippen LogP contribution >= 0.6 is 22.9 Å². The summed E-state index contributed by atoms with van der Waals surface area (Å²) in [5.41, 5.74) is 1.32. The molecule has 1 aromatic carbocycles. The maximum Gasteiger partial charge on any atom is 0.282 e. The van der Waals surface area contributed by atoms with Crippen LogP contribution in [0.25, 0.3) is 10.6 Å². The molecule has 0 bridgehead atoms. The molecule has 2 aromatic heterocycles. The molecule has 9 heteroatoms. The van der Waals surface area contributed by atoms with Gasteiger partial charge in [-0.05, 0) is 31.2 Å². The van der Waals surface area contributed by atoms with Crippen molar-refractivity contribution >= 4 is 34.5 Å². The van der Waals surface area contributed by atoms with Crippen LogP contribution in [0.5, 0.6) is 0 Å². The Kier molecular flexibility index (Phi) is 5.24. The summed E-state index contributed by atoms with van der Waals surface area (Å²) in [5.74, 6) is -0.560. The van der Waals surface area contributed by atoms with Crippen molar-refractivity contribution in [2.45, 2.75) is 13.5 Å². The number of carbonyl (C=O) groups is 1. The Balaban J connectivity index is 1.78. The van der Waals surface area contributed by atoms with Crippen molar-refractivity contribution in [1.29, 1.82) is 0 Å². The third-order valence-corrected chi connectivity index (χ3v) is 5.05. The monoisotopic (exact) mass is 388 g/mol. The normalized spacial score (nSPS) is 10.5. The Labute approximate surface area is 157 Å². The third kappa shape index (κ3) is 3.87. The van der Waals surface area contributed by atoms with E-state index in [1.165, 1.54) is 29.5 Å². The lowest BCUT2D eigenvalue weighted by molar-refractivity contribution is -0.385. The zero-order valence-electron chi connectivity index (χ0n) is 13.6. The minimum absolute atomic E-state index is 0.0721. The number of thiazole rings is 1. The second-order valence-corrected chi connectivity index (χ2v) is 6.89. The molecule has 0 saturated heterocycles. The van der Waals surface area contributed by atoms with Crippen molar-refractivity contribution in [1.82, 2.24) is 15.3 Å². The van der Waals surface area contributed by atoms with Crippen molar-refractivity contribution in [2.24, 2.45) is 0 Å². The molecular weight excluding hydrogens is 376 g/mol. The number of carbonyl (C=O) groups excluding carboxylic acids is 1. The zero-order chi connectivity index (χ0) is 18.7. The highest BCUT2D eigenvalue weighted by Crippen LogP contribution is 2.27. The first kappa shape index (κ1) is 18.0. The quantitative estimate of drug-likeness (QED) is 0.526. The Morgan fingerprint density at radius 1 is 1.38 bits per heavy atom. The molecule has 3 rings (SSSR count). The number of rotatable bonds is 5. The molecule has 26 heavy (non-hydrogen) atoms. The Bertz CT molecular complexity index is 975. The molecule has 2 heterocycles. The molecule has 3 aromatic rings. The largest absolute Gasteiger partial charge is 0.347 e. The first-order chi connectivity index (χ1) is 12.5. The van der Waals surface area contributed by atoms with Gasteiger partial charge >= 0.3 is 0 Å². The van der Waals surface area contributed by atoms with Crippen LogP contribution in [0.15, 0.2) is 42.7 Å². The first-order valence-corrected chi connectivity index (χ1v) is 8.74. The number of pyridine rings is 1. The molecule has 0 radical (unpaired) electrons. The third-order valence-electron chi connectivity index (χ3n) is 3.61. The van der Waals surface area contributed by atoms with Gasteiger partial charge in [0.25, 0.3) is 11.6 Å². The minimum atomic E-state index is -0.607. The van der Waals surface area contributed by atoms with E-state index in [-0.39, 0.29) is 22.8 Å². The van der Waals surface area contributed by atoms with Crippen molar-refractivity contribution in [3.8, 4) is 10.6 Å². The molecule has 0 spiro atoms. The molecule has 132 valence electrons. The van der Waals surface area contributed by atoms with Gasteiger partial charge in [-0.1, -0.05) is 11.6 Å². The van der Waals surface area contributed by atoms with Crippen molar-refractivity contribution < 1.29 is 9.72 Å². The lowest BCUT2D eigenvalue weighted by Gasteiger charge is -2.05. The maximum atomic E-state index is 12.4. The number of halogens is 1. The summed E-state index contributed by atoms with van der Waals surface area (Å²) in [6.45, 7) is 2.06. The van der Waals surface area contributed by atoms with Crippen LogP contribution < -0.4 is 5.32 Å². The van der Waals surface area contributed by atoms with Gasteiger partial charge in [0.1, 0.15) is 10.6 Å². The highest BCUT2D eigenvalue weighted by molar-refractivity contribution is 7.15. The molecule has 0 fully saturated rings. The maximum absolute atomic E-state index is 12.4. The molecule has 0 unspecified atom stereocenters. The van der Waals surface area contributed by atoms with Crippen LogP contribution in [-0.4, -0.2) is 20.8 Å². The molecule has 0 saturated carbocycles. The topological polar surface area (TPSA) is 98.0 Å². The average molecular weight is 389 g/mol. The van der Waals surface area contributed by atoms with Crippen LogP contribution in [0.1, 0.15) is 20.9 Å². The minimum Gasteiger partial charge on any atom is -0.347 e. The number of hydrogen-bond acceptors (Lipinski definition) is 6.